The van der Waals surface area contributed by atoms with Crippen LogP contribution >= 0.6 is 15.9 Å². The molecule has 1 unspecified atom stereocenters. The Hall–Kier alpha value is -1.51. The van der Waals surface area contributed by atoms with Gasteiger partial charge in [-0.2, -0.15) is 0 Å². The van der Waals surface area contributed by atoms with Crippen molar-refractivity contribution in [1.29, 1.82) is 0 Å². The molecule has 2 heterocycles. The van der Waals surface area contributed by atoms with Crippen LogP contribution in [0.2, 0.25) is 0 Å². The Bertz CT molecular complexity index is 660. The van der Waals surface area contributed by atoms with Crippen LogP contribution in [-0.4, -0.2) is 50.2 Å². The number of hydrogen-bond acceptors (Lipinski definition) is 5. The SMILES string of the molecule is CC1(C[NH+]2CCOCC2)COc2c(cc(Br)cc2[N+](=O)[O-])C1=O. The van der Waals surface area contributed by atoms with Crippen LogP contribution in [-0.2, 0) is 4.74 Å². The largest absolute Gasteiger partial charge is 0.485 e. The van der Waals surface area contributed by atoms with Gasteiger partial charge in [0.25, 0.3) is 0 Å². The monoisotopic (exact) mass is 385 g/mol. The van der Waals surface area contributed by atoms with Crippen molar-refractivity contribution in [3.05, 3.63) is 32.3 Å². The molecule has 0 saturated carbocycles. The normalized spacial score (nSPS) is 24.9. The number of nitrogens with zero attached hydrogens (tertiary/aromatic N) is 1. The van der Waals surface area contributed by atoms with E-state index in [4.69, 9.17) is 9.47 Å². The van der Waals surface area contributed by atoms with Crippen molar-refractivity contribution < 1.29 is 24.1 Å². The zero-order valence-corrected chi connectivity index (χ0v) is 14.3. The van der Waals surface area contributed by atoms with Crippen molar-refractivity contribution in [2.45, 2.75) is 6.92 Å². The Balaban J connectivity index is 1.92. The van der Waals surface area contributed by atoms with E-state index in [9.17, 15) is 14.9 Å². The number of carbonyl (C=O) groups is 1. The maximum absolute atomic E-state index is 13.0. The molecule has 2 aliphatic rings. The minimum Gasteiger partial charge on any atom is -0.485 e. The van der Waals surface area contributed by atoms with Gasteiger partial charge in [0.2, 0.25) is 5.75 Å². The lowest BCUT2D eigenvalue weighted by atomic mass is 9.80. The smallest absolute Gasteiger partial charge is 0.312 e. The molecule has 2 aliphatic heterocycles. The third-order valence-electron chi connectivity index (χ3n) is 4.40. The standard InChI is InChI=1S/C15H17BrN2O5/c1-15(8-17-2-4-22-5-3-17)9-23-13-11(14(15)19)6-10(16)7-12(13)18(20)21/h6-7H,2-5,8-9H2,1H3/p+1. The lowest BCUT2D eigenvalue weighted by Crippen LogP contribution is -3.15. The van der Waals surface area contributed by atoms with Crippen LogP contribution in [0.15, 0.2) is 16.6 Å². The highest BCUT2D eigenvalue weighted by molar-refractivity contribution is 9.10. The summed E-state index contributed by atoms with van der Waals surface area (Å²) in [7, 11) is 0. The molecule has 0 bridgehead atoms. The Morgan fingerprint density at radius 1 is 1.39 bits per heavy atom. The number of fused-ring (bicyclic) bond motifs is 1. The van der Waals surface area contributed by atoms with Crippen LogP contribution in [0.4, 0.5) is 5.69 Å². The van der Waals surface area contributed by atoms with Gasteiger partial charge in [-0.15, -0.1) is 0 Å². The molecule has 0 spiro atoms. The van der Waals surface area contributed by atoms with E-state index in [1.54, 1.807) is 6.07 Å². The molecule has 23 heavy (non-hydrogen) atoms. The van der Waals surface area contributed by atoms with Gasteiger partial charge in [-0.1, -0.05) is 15.9 Å². The van der Waals surface area contributed by atoms with Crippen molar-refractivity contribution in [1.82, 2.24) is 0 Å². The minimum absolute atomic E-state index is 0.0812. The molecule has 1 fully saturated rings. The topological polar surface area (TPSA) is 83.1 Å². The summed E-state index contributed by atoms with van der Waals surface area (Å²) in [6.45, 7) is 5.75. The van der Waals surface area contributed by atoms with Gasteiger partial charge in [0.1, 0.15) is 25.1 Å². The molecule has 1 N–H and O–H groups in total. The predicted molar refractivity (Wildman–Crippen MR) is 85.1 cm³/mol. The number of morpholine rings is 1. The number of rotatable bonds is 3. The zero-order valence-electron chi connectivity index (χ0n) is 12.8. The van der Waals surface area contributed by atoms with Gasteiger partial charge in [0.15, 0.2) is 5.78 Å². The number of nitrogens with one attached hydrogen (secondary N) is 1. The number of halogens is 1. The summed E-state index contributed by atoms with van der Waals surface area (Å²) in [6.07, 6.45) is 0. The van der Waals surface area contributed by atoms with Crippen LogP contribution in [0.25, 0.3) is 0 Å². The van der Waals surface area contributed by atoms with Gasteiger partial charge in [-0.3, -0.25) is 14.9 Å². The fourth-order valence-corrected chi connectivity index (χ4v) is 3.62. The molecule has 0 radical (unpaired) electrons. The zero-order chi connectivity index (χ0) is 16.6. The van der Waals surface area contributed by atoms with E-state index in [-0.39, 0.29) is 29.4 Å². The molecule has 1 aromatic carbocycles. The van der Waals surface area contributed by atoms with E-state index in [0.717, 1.165) is 13.1 Å². The highest BCUT2D eigenvalue weighted by atomic mass is 79.9. The molecule has 0 aromatic heterocycles. The van der Waals surface area contributed by atoms with E-state index >= 15 is 0 Å². The summed E-state index contributed by atoms with van der Waals surface area (Å²) in [5.74, 6) is -0.0141. The molecule has 1 aromatic rings. The van der Waals surface area contributed by atoms with E-state index in [1.807, 2.05) is 6.92 Å². The maximum atomic E-state index is 13.0. The van der Waals surface area contributed by atoms with Gasteiger partial charge in [-0.25, -0.2) is 0 Å². The summed E-state index contributed by atoms with van der Waals surface area (Å²) in [6, 6.07) is 2.97. The first-order valence-electron chi connectivity index (χ1n) is 7.47. The predicted octanol–water partition coefficient (Wildman–Crippen LogP) is 0.854. The van der Waals surface area contributed by atoms with Crippen LogP contribution in [0.5, 0.6) is 5.75 Å². The molecule has 7 nitrogen and oxygen atoms in total. The Labute approximate surface area is 141 Å². The summed E-state index contributed by atoms with van der Waals surface area (Å²) >= 11 is 3.24. The third-order valence-corrected chi connectivity index (χ3v) is 4.86. The first-order chi connectivity index (χ1) is 10.9. The van der Waals surface area contributed by atoms with Gasteiger partial charge in [0.05, 0.1) is 30.2 Å². The number of nitro groups is 1. The average molecular weight is 386 g/mol. The number of ether oxygens (including phenoxy) is 2. The molecule has 1 saturated heterocycles. The van der Waals surface area contributed by atoms with Gasteiger partial charge in [0, 0.05) is 10.5 Å². The second-order valence-corrected chi connectivity index (χ2v) is 7.19. The van der Waals surface area contributed by atoms with Crippen molar-refractivity contribution in [2.75, 3.05) is 39.5 Å². The third kappa shape index (κ3) is 3.11. The fraction of sp³-hybridized carbons (Fsp3) is 0.533. The number of ketones is 1. The highest BCUT2D eigenvalue weighted by Crippen LogP contribution is 2.41. The molecule has 8 heteroatoms. The quantitative estimate of drug-likeness (QED) is 0.616. The number of carbonyl (C=O) groups excluding carboxylic acids is 1. The molecule has 0 aliphatic carbocycles. The minimum atomic E-state index is -0.686. The molecular formula is C15H18BrN2O5+. The van der Waals surface area contributed by atoms with Crippen molar-refractivity contribution in [2.24, 2.45) is 5.41 Å². The number of quaternary nitrogens is 1. The van der Waals surface area contributed by atoms with E-state index in [0.29, 0.717) is 24.2 Å². The van der Waals surface area contributed by atoms with Crippen LogP contribution < -0.4 is 9.64 Å². The summed E-state index contributed by atoms with van der Waals surface area (Å²) in [4.78, 5) is 24.9. The first kappa shape index (κ1) is 16.4. The van der Waals surface area contributed by atoms with E-state index < -0.39 is 10.3 Å². The van der Waals surface area contributed by atoms with Gasteiger partial charge < -0.3 is 14.4 Å². The number of Topliss-reactive ketones (excluding diaryl/α,β-unsaturated/α-hetero) is 1. The lowest BCUT2D eigenvalue weighted by Gasteiger charge is -2.36. The lowest BCUT2D eigenvalue weighted by molar-refractivity contribution is -0.913. The summed E-state index contributed by atoms with van der Waals surface area (Å²) in [5, 5.41) is 11.2. The van der Waals surface area contributed by atoms with Gasteiger partial charge >= 0.3 is 5.69 Å². The molecule has 0 amide bonds. The molecular weight excluding hydrogens is 368 g/mol. The first-order valence-corrected chi connectivity index (χ1v) is 8.27. The van der Waals surface area contributed by atoms with Crippen LogP contribution in [0.3, 0.4) is 0 Å². The van der Waals surface area contributed by atoms with Crippen molar-refractivity contribution >= 4 is 27.4 Å². The molecule has 124 valence electrons. The summed E-state index contributed by atoms with van der Waals surface area (Å²) < 4.78 is 11.5. The fourth-order valence-electron chi connectivity index (χ4n) is 3.18. The van der Waals surface area contributed by atoms with Crippen LogP contribution in [0, 0.1) is 15.5 Å². The second-order valence-electron chi connectivity index (χ2n) is 6.28. The summed E-state index contributed by atoms with van der Waals surface area (Å²) in [5.41, 5.74) is -0.579. The second kappa shape index (κ2) is 6.18. The average Bonchev–Trinajstić information content (AvgIpc) is 2.52. The number of benzene rings is 1. The van der Waals surface area contributed by atoms with Crippen molar-refractivity contribution in [3.63, 3.8) is 0 Å². The Morgan fingerprint density at radius 3 is 2.74 bits per heavy atom. The van der Waals surface area contributed by atoms with Crippen LogP contribution in [0.1, 0.15) is 17.3 Å². The number of hydrogen-bond donors (Lipinski definition) is 1. The van der Waals surface area contributed by atoms with E-state index in [2.05, 4.69) is 15.9 Å². The Morgan fingerprint density at radius 2 is 2.09 bits per heavy atom. The maximum Gasteiger partial charge on any atom is 0.312 e. The van der Waals surface area contributed by atoms with E-state index in [1.165, 1.54) is 11.0 Å². The number of nitro benzene ring substituents is 1. The highest BCUT2D eigenvalue weighted by Gasteiger charge is 2.45. The molecule has 3 rings (SSSR count). The van der Waals surface area contributed by atoms with Crippen molar-refractivity contribution in [3.8, 4) is 5.75 Å². The Kier molecular flexibility index (Phi) is 4.39. The molecule has 1 atom stereocenters. The van der Waals surface area contributed by atoms with Gasteiger partial charge in [-0.05, 0) is 13.0 Å².